The van der Waals surface area contributed by atoms with Crippen LogP contribution < -0.4 is 15.2 Å². The van der Waals surface area contributed by atoms with Crippen molar-refractivity contribution in [1.82, 2.24) is 4.98 Å². The number of nitrogens with two attached hydrogens (primary N) is 1. The van der Waals surface area contributed by atoms with E-state index >= 15 is 0 Å². The van der Waals surface area contributed by atoms with E-state index in [1.54, 1.807) is 24.4 Å². The summed E-state index contributed by atoms with van der Waals surface area (Å²) in [7, 11) is 0. The molecule has 2 aromatic rings. The third kappa shape index (κ3) is 4.21. The topological polar surface area (TPSA) is 81.2 Å². The Morgan fingerprint density at radius 1 is 1.24 bits per heavy atom. The molecule has 1 heterocycles. The molecule has 2 rings (SSSR count). The number of nitrogens with one attached hydrogen (secondary N) is 1. The molecule has 0 aliphatic rings. The predicted octanol–water partition coefficient (Wildman–Crippen LogP) is 2.39. The van der Waals surface area contributed by atoms with Gasteiger partial charge in [-0.3, -0.25) is 10.4 Å². The van der Waals surface area contributed by atoms with Crippen molar-refractivity contribution in [2.75, 3.05) is 13.2 Å². The second-order valence-corrected chi connectivity index (χ2v) is 4.47. The lowest BCUT2D eigenvalue weighted by atomic mass is 10.2. The quantitative estimate of drug-likeness (QED) is 0.604. The highest BCUT2D eigenvalue weighted by atomic mass is 16.5. The van der Waals surface area contributed by atoms with Crippen molar-refractivity contribution in [2.45, 2.75) is 13.3 Å². The Labute approximate surface area is 124 Å². The molecule has 0 spiro atoms. The Hall–Kier alpha value is -2.56. The molecule has 5 heteroatoms. The number of hydrogen-bond donors (Lipinski definition) is 2. The standard InChI is InChI=1S/C16H19N3O2/c1-2-20-15-10-13(16(17)18)5-6-14(15)21-9-7-12-4-3-8-19-11-12/h3-6,8,10-11H,2,7,9H2,1H3,(H3,17,18). The summed E-state index contributed by atoms with van der Waals surface area (Å²) in [6, 6.07) is 9.18. The Kier molecular flexibility index (Phi) is 5.15. The van der Waals surface area contributed by atoms with E-state index in [4.69, 9.17) is 20.6 Å². The summed E-state index contributed by atoms with van der Waals surface area (Å²) in [6.07, 6.45) is 4.34. The van der Waals surface area contributed by atoms with Gasteiger partial charge in [-0.2, -0.15) is 0 Å². The van der Waals surface area contributed by atoms with Gasteiger partial charge >= 0.3 is 0 Å². The zero-order chi connectivity index (χ0) is 15.1. The molecule has 5 nitrogen and oxygen atoms in total. The zero-order valence-corrected chi connectivity index (χ0v) is 12.0. The summed E-state index contributed by atoms with van der Waals surface area (Å²) in [5, 5.41) is 7.46. The molecule has 1 aromatic carbocycles. The van der Waals surface area contributed by atoms with E-state index in [1.807, 2.05) is 25.3 Å². The van der Waals surface area contributed by atoms with Crippen LogP contribution in [0.25, 0.3) is 0 Å². The van der Waals surface area contributed by atoms with Gasteiger partial charge in [0.25, 0.3) is 0 Å². The third-order valence-corrected chi connectivity index (χ3v) is 2.93. The van der Waals surface area contributed by atoms with Crippen LogP contribution in [0.4, 0.5) is 0 Å². The average Bonchev–Trinajstić information content (AvgIpc) is 2.50. The van der Waals surface area contributed by atoms with E-state index in [0.29, 0.717) is 30.3 Å². The largest absolute Gasteiger partial charge is 0.490 e. The van der Waals surface area contributed by atoms with E-state index in [1.165, 1.54) is 0 Å². The lowest BCUT2D eigenvalue weighted by Gasteiger charge is -2.13. The first-order chi connectivity index (χ1) is 10.2. The highest BCUT2D eigenvalue weighted by Crippen LogP contribution is 2.28. The fourth-order valence-electron chi connectivity index (χ4n) is 1.89. The van der Waals surface area contributed by atoms with Crippen molar-refractivity contribution in [2.24, 2.45) is 5.73 Å². The van der Waals surface area contributed by atoms with Gasteiger partial charge in [-0.1, -0.05) is 6.07 Å². The molecule has 1 aromatic heterocycles. The molecule has 21 heavy (non-hydrogen) atoms. The molecular formula is C16H19N3O2. The Morgan fingerprint density at radius 2 is 2.10 bits per heavy atom. The minimum Gasteiger partial charge on any atom is -0.490 e. The van der Waals surface area contributed by atoms with Gasteiger partial charge in [0, 0.05) is 24.4 Å². The number of aromatic nitrogens is 1. The summed E-state index contributed by atoms with van der Waals surface area (Å²) >= 11 is 0. The van der Waals surface area contributed by atoms with Gasteiger partial charge in [-0.15, -0.1) is 0 Å². The van der Waals surface area contributed by atoms with Gasteiger partial charge in [0.2, 0.25) is 0 Å². The Balaban J connectivity index is 2.03. The fourth-order valence-corrected chi connectivity index (χ4v) is 1.89. The molecular weight excluding hydrogens is 266 g/mol. The van der Waals surface area contributed by atoms with Crippen molar-refractivity contribution in [3.05, 3.63) is 53.9 Å². The highest BCUT2D eigenvalue weighted by Gasteiger charge is 2.08. The van der Waals surface area contributed by atoms with Gasteiger partial charge < -0.3 is 15.2 Å². The maximum Gasteiger partial charge on any atom is 0.161 e. The maximum absolute atomic E-state index is 7.46. The van der Waals surface area contributed by atoms with E-state index in [2.05, 4.69) is 4.98 Å². The van der Waals surface area contributed by atoms with Crippen molar-refractivity contribution >= 4 is 5.84 Å². The third-order valence-electron chi connectivity index (χ3n) is 2.93. The Morgan fingerprint density at radius 3 is 2.76 bits per heavy atom. The molecule has 0 fully saturated rings. The molecule has 0 saturated carbocycles. The number of rotatable bonds is 7. The van der Waals surface area contributed by atoms with Crippen LogP contribution in [0.3, 0.4) is 0 Å². The number of amidine groups is 1. The monoisotopic (exact) mass is 285 g/mol. The first-order valence-corrected chi connectivity index (χ1v) is 6.83. The van der Waals surface area contributed by atoms with Crippen LogP contribution in [0.1, 0.15) is 18.1 Å². The molecule has 0 aliphatic carbocycles. The second kappa shape index (κ2) is 7.28. The van der Waals surface area contributed by atoms with E-state index in [-0.39, 0.29) is 5.84 Å². The van der Waals surface area contributed by atoms with Crippen LogP contribution in [-0.2, 0) is 6.42 Å². The fraction of sp³-hybridized carbons (Fsp3) is 0.250. The molecule has 0 bridgehead atoms. The van der Waals surface area contributed by atoms with E-state index in [0.717, 1.165) is 12.0 Å². The molecule has 110 valence electrons. The summed E-state index contributed by atoms with van der Waals surface area (Å²) in [4.78, 5) is 4.07. The highest BCUT2D eigenvalue weighted by molar-refractivity contribution is 5.95. The van der Waals surface area contributed by atoms with Crippen LogP contribution in [0.15, 0.2) is 42.7 Å². The molecule has 3 N–H and O–H groups in total. The summed E-state index contributed by atoms with van der Waals surface area (Å²) in [5.74, 6) is 1.28. The van der Waals surface area contributed by atoms with E-state index < -0.39 is 0 Å². The summed E-state index contributed by atoms with van der Waals surface area (Å²) < 4.78 is 11.3. The second-order valence-electron chi connectivity index (χ2n) is 4.47. The average molecular weight is 285 g/mol. The van der Waals surface area contributed by atoms with Gasteiger partial charge in [-0.25, -0.2) is 0 Å². The van der Waals surface area contributed by atoms with Crippen LogP contribution in [-0.4, -0.2) is 24.0 Å². The molecule has 0 radical (unpaired) electrons. The van der Waals surface area contributed by atoms with Crippen molar-refractivity contribution in [3.8, 4) is 11.5 Å². The molecule has 0 atom stereocenters. The van der Waals surface area contributed by atoms with Crippen molar-refractivity contribution in [3.63, 3.8) is 0 Å². The lowest BCUT2D eigenvalue weighted by Crippen LogP contribution is -2.11. The van der Waals surface area contributed by atoms with Crippen molar-refractivity contribution < 1.29 is 9.47 Å². The first kappa shape index (κ1) is 14.8. The smallest absolute Gasteiger partial charge is 0.161 e. The maximum atomic E-state index is 7.46. The van der Waals surface area contributed by atoms with Gasteiger partial charge in [0.05, 0.1) is 13.2 Å². The minimum absolute atomic E-state index is 0.0119. The van der Waals surface area contributed by atoms with Crippen LogP contribution >= 0.6 is 0 Å². The summed E-state index contributed by atoms with van der Waals surface area (Å²) in [6.45, 7) is 2.96. The molecule has 0 unspecified atom stereocenters. The van der Waals surface area contributed by atoms with Gasteiger partial charge in [-0.05, 0) is 36.8 Å². The van der Waals surface area contributed by atoms with Crippen LogP contribution in [0.2, 0.25) is 0 Å². The summed E-state index contributed by atoms with van der Waals surface area (Å²) in [5.41, 5.74) is 7.23. The minimum atomic E-state index is 0.0119. The predicted molar refractivity (Wildman–Crippen MR) is 82.1 cm³/mol. The number of pyridine rings is 1. The number of hydrogen-bond acceptors (Lipinski definition) is 4. The number of nitrogens with zero attached hydrogens (tertiary/aromatic N) is 1. The SMILES string of the molecule is CCOc1cc(C(=N)N)ccc1OCCc1cccnc1. The number of benzene rings is 1. The van der Waals surface area contributed by atoms with Crippen LogP contribution in [0.5, 0.6) is 11.5 Å². The van der Waals surface area contributed by atoms with Crippen molar-refractivity contribution in [1.29, 1.82) is 5.41 Å². The zero-order valence-electron chi connectivity index (χ0n) is 12.0. The first-order valence-electron chi connectivity index (χ1n) is 6.83. The lowest BCUT2D eigenvalue weighted by molar-refractivity contribution is 0.279. The Bertz CT molecular complexity index is 600. The van der Waals surface area contributed by atoms with Gasteiger partial charge in [0.1, 0.15) is 5.84 Å². The molecule has 0 amide bonds. The molecule has 0 saturated heterocycles. The number of ether oxygens (including phenoxy) is 2. The van der Waals surface area contributed by atoms with Crippen LogP contribution in [0, 0.1) is 5.41 Å². The van der Waals surface area contributed by atoms with E-state index in [9.17, 15) is 0 Å². The van der Waals surface area contributed by atoms with Gasteiger partial charge in [0.15, 0.2) is 11.5 Å². The normalized spacial score (nSPS) is 10.1. The molecule has 0 aliphatic heterocycles. The number of nitrogen functional groups attached to an aromatic ring is 1.